The fourth-order valence-corrected chi connectivity index (χ4v) is 5.34. The summed E-state index contributed by atoms with van der Waals surface area (Å²) in [6.07, 6.45) is 0. The fourth-order valence-electron chi connectivity index (χ4n) is 3.64. The molecule has 178 valence electrons. The van der Waals surface area contributed by atoms with Gasteiger partial charge < -0.3 is 10.2 Å². The maximum Gasteiger partial charge on any atom is 0.258 e. The molecule has 1 fully saturated rings. The Labute approximate surface area is 199 Å². The number of carbonyl (C=O) groups is 1. The second kappa shape index (κ2) is 9.65. The molecule has 0 atom stereocenters. The zero-order valence-corrected chi connectivity index (χ0v) is 19.2. The van der Waals surface area contributed by atoms with Gasteiger partial charge in [-0.2, -0.15) is 4.31 Å². The molecule has 0 aromatic heterocycles. The molecule has 1 amide bonds. The molecule has 0 unspecified atom stereocenters. The molecule has 0 saturated carbocycles. The monoisotopic (exact) mass is 509 g/mol. The van der Waals surface area contributed by atoms with Crippen LogP contribution >= 0.6 is 11.6 Å². The van der Waals surface area contributed by atoms with Gasteiger partial charge in [-0.15, -0.1) is 0 Å². The highest BCUT2D eigenvalue weighted by Gasteiger charge is 2.30. The highest BCUT2D eigenvalue weighted by atomic mass is 35.5. The van der Waals surface area contributed by atoms with E-state index in [9.17, 15) is 26.4 Å². The smallest absolute Gasteiger partial charge is 0.258 e. The summed E-state index contributed by atoms with van der Waals surface area (Å²) in [6.45, 7) is 1.13. The second-order valence-corrected chi connectivity index (χ2v) is 9.91. The first-order valence-corrected chi connectivity index (χ1v) is 12.0. The molecule has 4 rings (SSSR count). The molecule has 0 aliphatic carbocycles. The number of hydrogen-bond donors (Lipinski definition) is 1. The van der Waals surface area contributed by atoms with Gasteiger partial charge in [-0.1, -0.05) is 23.7 Å². The first kappa shape index (κ1) is 24.1. The lowest BCUT2D eigenvalue weighted by Gasteiger charge is -2.35. The van der Waals surface area contributed by atoms with Crippen molar-refractivity contribution in [1.82, 2.24) is 4.31 Å². The van der Waals surface area contributed by atoms with Crippen molar-refractivity contribution < 1.29 is 26.4 Å². The number of hydrogen-bond acceptors (Lipinski definition) is 4. The van der Waals surface area contributed by atoms with Crippen LogP contribution in [0.2, 0.25) is 5.02 Å². The van der Waals surface area contributed by atoms with Gasteiger partial charge in [-0.3, -0.25) is 4.79 Å². The van der Waals surface area contributed by atoms with E-state index >= 15 is 0 Å². The summed E-state index contributed by atoms with van der Waals surface area (Å²) in [5.41, 5.74) is 0.159. The van der Waals surface area contributed by atoms with E-state index in [1.165, 1.54) is 4.31 Å². The van der Waals surface area contributed by atoms with E-state index in [0.717, 1.165) is 42.1 Å². The number of nitrogens with zero attached hydrogens (tertiary/aromatic N) is 2. The molecular formula is C23H19ClF3N3O3S. The van der Waals surface area contributed by atoms with Crippen LogP contribution in [0.3, 0.4) is 0 Å². The Morgan fingerprint density at radius 2 is 1.53 bits per heavy atom. The van der Waals surface area contributed by atoms with E-state index in [1.54, 1.807) is 12.1 Å². The topological polar surface area (TPSA) is 69.7 Å². The summed E-state index contributed by atoms with van der Waals surface area (Å²) < 4.78 is 68.4. The Balaban J connectivity index is 1.51. The first-order valence-electron chi connectivity index (χ1n) is 10.2. The largest absolute Gasteiger partial charge is 0.368 e. The Hall–Kier alpha value is -3.08. The summed E-state index contributed by atoms with van der Waals surface area (Å²) in [7, 11) is -4.02. The second-order valence-electron chi connectivity index (χ2n) is 7.57. The predicted molar refractivity (Wildman–Crippen MR) is 123 cm³/mol. The molecule has 1 aliphatic heterocycles. The van der Waals surface area contributed by atoms with Crippen LogP contribution in [0.4, 0.5) is 24.5 Å². The summed E-state index contributed by atoms with van der Waals surface area (Å²) >= 11 is 6.23. The molecule has 0 bridgehead atoms. The molecule has 1 heterocycles. The minimum Gasteiger partial charge on any atom is -0.368 e. The molecule has 1 N–H and O–H groups in total. The molecular weight excluding hydrogens is 491 g/mol. The fraction of sp³-hybridized carbons (Fsp3) is 0.174. The number of halogens is 4. The number of carbonyl (C=O) groups excluding carboxylic acids is 1. The number of anilines is 2. The summed E-state index contributed by atoms with van der Waals surface area (Å²) in [5.74, 6) is -4.25. The van der Waals surface area contributed by atoms with Crippen molar-refractivity contribution in [3.63, 3.8) is 0 Å². The molecule has 1 aliphatic rings. The molecule has 3 aromatic rings. The quantitative estimate of drug-likeness (QED) is 0.549. The Bertz CT molecular complexity index is 1350. The molecule has 0 radical (unpaired) electrons. The van der Waals surface area contributed by atoms with Crippen LogP contribution in [0.25, 0.3) is 0 Å². The van der Waals surface area contributed by atoms with Crippen molar-refractivity contribution >= 4 is 38.9 Å². The van der Waals surface area contributed by atoms with Crippen LogP contribution in [0.15, 0.2) is 65.6 Å². The Morgan fingerprint density at radius 3 is 2.21 bits per heavy atom. The van der Waals surface area contributed by atoms with Crippen LogP contribution in [0.1, 0.15) is 10.4 Å². The van der Waals surface area contributed by atoms with E-state index in [2.05, 4.69) is 5.32 Å². The molecule has 1 saturated heterocycles. The summed E-state index contributed by atoms with van der Waals surface area (Å²) in [5, 5.41) is 2.81. The number of rotatable bonds is 5. The SMILES string of the molecule is O=C(Nc1ccc(F)c(F)c1)c1cc(S(=O)(=O)N2CCN(c3ccccc3Cl)CC2)ccc1F. The Morgan fingerprint density at radius 1 is 0.853 bits per heavy atom. The molecule has 11 heteroatoms. The number of benzene rings is 3. The standard InChI is InChI=1S/C23H19ClF3N3O3S/c24-18-3-1-2-4-22(18)29-9-11-30(12-10-29)34(32,33)16-6-8-19(25)17(14-16)23(31)28-15-5-7-20(26)21(27)13-15/h1-8,13-14H,9-12H2,(H,28,31). The summed E-state index contributed by atoms with van der Waals surface area (Å²) in [4.78, 5) is 14.2. The third-order valence-corrected chi connectivity index (χ3v) is 7.64. The third kappa shape index (κ3) is 4.89. The van der Waals surface area contributed by atoms with Crippen LogP contribution in [0, 0.1) is 17.5 Å². The highest BCUT2D eigenvalue weighted by Crippen LogP contribution is 2.28. The number of piperazine rings is 1. The maximum absolute atomic E-state index is 14.4. The third-order valence-electron chi connectivity index (χ3n) is 5.43. The molecule has 3 aromatic carbocycles. The lowest BCUT2D eigenvalue weighted by Crippen LogP contribution is -2.48. The number of para-hydroxylation sites is 1. The van der Waals surface area contributed by atoms with Crippen LogP contribution in [-0.4, -0.2) is 44.8 Å². The van der Waals surface area contributed by atoms with Crippen molar-refractivity contribution in [2.45, 2.75) is 4.90 Å². The number of sulfonamides is 1. The average Bonchev–Trinajstić information content (AvgIpc) is 2.82. The van der Waals surface area contributed by atoms with Gasteiger partial charge in [0.15, 0.2) is 11.6 Å². The number of amides is 1. The van der Waals surface area contributed by atoms with Crippen molar-refractivity contribution in [3.8, 4) is 0 Å². The van der Waals surface area contributed by atoms with E-state index in [0.29, 0.717) is 18.1 Å². The van der Waals surface area contributed by atoms with Gasteiger partial charge in [0, 0.05) is 37.9 Å². The molecule has 0 spiro atoms. The van der Waals surface area contributed by atoms with Crippen molar-refractivity contribution in [1.29, 1.82) is 0 Å². The summed E-state index contributed by atoms with van der Waals surface area (Å²) in [6, 6.07) is 12.8. The van der Waals surface area contributed by atoms with Crippen molar-refractivity contribution in [2.24, 2.45) is 0 Å². The van der Waals surface area contributed by atoms with Gasteiger partial charge in [-0.25, -0.2) is 21.6 Å². The van der Waals surface area contributed by atoms with Crippen molar-refractivity contribution in [3.05, 3.63) is 88.7 Å². The minimum atomic E-state index is -4.02. The highest BCUT2D eigenvalue weighted by molar-refractivity contribution is 7.89. The minimum absolute atomic E-state index is 0.104. The lowest BCUT2D eigenvalue weighted by atomic mass is 10.2. The van der Waals surface area contributed by atoms with E-state index in [4.69, 9.17) is 11.6 Å². The van der Waals surface area contributed by atoms with Crippen LogP contribution < -0.4 is 10.2 Å². The van der Waals surface area contributed by atoms with E-state index in [1.807, 2.05) is 17.0 Å². The zero-order valence-electron chi connectivity index (χ0n) is 17.6. The predicted octanol–water partition coefficient (Wildman–Crippen LogP) is 4.52. The van der Waals surface area contributed by atoms with Crippen LogP contribution in [-0.2, 0) is 10.0 Å². The normalized spacial score (nSPS) is 14.8. The van der Waals surface area contributed by atoms with Gasteiger partial charge in [-0.05, 0) is 42.5 Å². The van der Waals surface area contributed by atoms with Gasteiger partial charge in [0.25, 0.3) is 5.91 Å². The van der Waals surface area contributed by atoms with E-state index < -0.39 is 38.9 Å². The van der Waals surface area contributed by atoms with Crippen LogP contribution in [0.5, 0.6) is 0 Å². The van der Waals surface area contributed by atoms with Gasteiger partial charge >= 0.3 is 0 Å². The zero-order chi connectivity index (χ0) is 24.5. The maximum atomic E-state index is 14.4. The van der Waals surface area contributed by atoms with Gasteiger partial charge in [0.1, 0.15) is 5.82 Å². The molecule has 6 nitrogen and oxygen atoms in total. The van der Waals surface area contributed by atoms with E-state index in [-0.39, 0.29) is 23.7 Å². The number of nitrogens with one attached hydrogen (secondary N) is 1. The van der Waals surface area contributed by atoms with Gasteiger partial charge in [0.2, 0.25) is 10.0 Å². The lowest BCUT2D eigenvalue weighted by molar-refractivity contribution is 0.102. The molecule has 34 heavy (non-hydrogen) atoms. The first-order chi connectivity index (χ1) is 16.2. The average molecular weight is 510 g/mol. The Kier molecular flexibility index (Phi) is 6.83. The van der Waals surface area contributed by atoms with Crippen molar-refractivity contribution in [2.75, 3.05) is 36.4 Å². The van der Waals surface area contributed by atoms with Gasteiger partial charge in [0.05, 0.1) is 21.2 Å².